The van der Waals surface area contributed by atoms with Gasteiger partial charge in [0.2, 0.25) is 0 Å². The van der Waals surface area contributed by atoms with Crippen molar-refractivity contribution in [3.05, 3.63) is 53.7 Å². The number of hydrogen-bond acceptors (Lipinski definition) is 3. The molecule has 0 aliphatic carbocycles. The molecule has 3 rings (SSSR count). The first-order valence-corrected chi connectivity index (χ1v) is 6.97. The predicted molar refractivity (Wildman–Crippen MR) is 86.4 cm³/mol. The van der Waals surface area contributed by atoms with E-state index in [4.69, 9.17) is 4.74 Å². The molecule has 0 aliphatic heterocycles. The first-order chi connectivity index (χ1) is 10.6. The van der Waals surface area contributed by atoms with Crippen LogP contribution in [0.25, 0.3) is 10.8 Å². The van der Waals surface area contributed by atoms with Crippen LogP contribution >= 0.6 is 0 Å². The van der Waals surface area contributed by atoms with Crippen LogP contribution in [0.4, 0.5) is 5.82 Å². The summed E-state index contributed by atoms with van der Waals surface area (Å²) < 4.78 is 7.00. The fourth-order valence-corrected chi connectivity index (χ4v) is 2.48. The number of aromatic nitrogens is 2. The van der Waals surface area contributed by atoms with Crippen molar-refractivity contribution in [2.75, 3.05) is 12.4 Å². The third-order valence-electron chi connectivity index (χ3n) is 3.56. The molecule has 0 bridgehead atoms. The Labute approximate surface area is 128 Å². The Kier molecular flexibility index (Phi) is 3.55. The van der Waals surface area contributed by atoms with Crippen LogP contribution in [0.3, 0.4) is 0 Å². The third-order valence-corrected chi connectivity index (χ3v) is 3.56. The van der Waals surface area contributed by atoms with Gasteiger partial charge in [0.15, 0.2) is 0 Å². The quantitative estimate of drug-likeness (QED) is 0.807. The number of amides is 1. The van der Waals surface area contributed by atoms with Gasteiger partial charge >= 0.3 is 0 Å². The lowest BCUT2D eigenvalue weighted by molar-refractivity contribution is 0.102. The number of anilines is 1. The zero-order valence-corrected chi connectivity index (χ0v) is 12.8. The lowest BCUT2D eigenvalue weighted by Gasteiger charge is -2.11. The van der Waals surface area contributed by atoms with Crippen LogP contribution in [-0.4, -0.2) is 22.8 Å². The number of aryl methyl sites for hydroxylation is 2. The van der Waals surface area contributed by atoms with Crippen LogP contribution in [0, 0.1) is 6.92 Å². The Morgan fingerprint density at radius 3 is 2.45 bits per heavy atom. The molecule has 0 saturated heterocycles. The van der Waals surface area contributed by atoms with E-state index < -0.39 is 0 Å². The molecule has 5 nitrogen and oxygen atoms in total. The minimum Gasteiger partial charge on any atom is -0.496 e. The van der Waals surface area contributed by atoms with Crippen molar-refractivity contribution >= 4 is 22.5 Å². The number of fused-ring (bicyclic) bond motifs is 1. The van der Waals surface area contributed by atoms with Crippen LogP contribution in [0.1, 0.15) is 16.1 Å². The van der Waals surface area contributed by atoms with Gasteiger partial charge in [-0.3, -0.25) is 9.48 Å². The van der Waals surface area contributed by atoms with E-state index in [1.54, 1.807) is 18.8 Å². The maximum absolute atomic E-state index is 12.6. The van der Waals surface area contributed by atoms with Crippen LogP contribution in [-0.2, 0) is 7.05 Å². The highest BCUT2D eigenvalue weighted by Gasteiger charge is 2.15. The van der Waals surface area contributed by atoms with Gasteiger partial charge in [0.25, 0.3) is 5.91 Å². The van der Waals surface area contributed by atoms with E-state index >= 15 is 0 Å². The predicted octanol–water partition coefficient (Wildman–Crippen LogP) is 3.14. The normalized spacial score (nSPS) is 10.7. The van der Waals surface area contributed by atoms with Gasteiger partial charge in [0.05, 0.1) is 18.4 Å². The molecule has 0 unspecified atom stereocenters. The SMILES string of the molecule is COc1cc2ccccc2cc1C(=O)Nc1cc(C)nn1C. The second kappa shape index (κ2) is 5.52. The van der Waals surface area contributed by atoms with Gasteiger partial charge in [-0.15, -0.1) is 0 Å². The van der Waals surface area contributed by atoms with Crippen molar-refractivity contribution in [1.29, 1.82) is 0 Å². The van der Waals surface area contributed by atoms with Crippen LogP contribution in [0.2, 0.25) is 0 Å². The molecule has 3 aromatic rings. The fourth-order valence-electron chi connectivity index (χ4n) is 2.48. The number of carbonyl (C=O) groups is 1. The minimum absolute atomic E-state index is 0.217. The average Bonchev–Trinajstić information content (AvgIpc) is 2.83. The van der Waals surface area contributed by atoms with Crippen molar-refractivity contribution in [2.45, 2.75) is 6.92 Å². The Morgan fingerprint density at radius 1 is 1.18 bits per heavy atom. The highest BCUT2D eigenvalue weighted by atomic mass is 16.5. The molecular weight excluding hydrogens is 278 g/mol. The van der Waals surface area contributed by atoms with Crippen molar-refractivity contribution in [1.82, 2.24) is 9.78 Å². The summed E-state index contributed by atoms with van der Waals surface area (Å²) in [7, 11) is 3.36. The molecule has 2 aromatic carbocycles. The summed E-state index contributed by atoms with van der Waals surface area (Å²) in [6, 6.07) is 13.4. The highest BCUT2D eigenvalue weighted by molar-refractivity contribution is 6.08. The first kappa shape index (κ1) is 14.1. The van der Waals surface area contributed by atoms with E-state index in [2.05, 4.69) is 10.4 Å². The molecule has 1 amide bonds. The monoisotopic (exact) mass is 295 g/mol. The molecule has 0 radical (unpaired) electrons. The number of carbonyl (C=O) groups excluding carboxylic acids is 1. The number of nitrogens with one attached hydrogen (secondary N) is 1. The van der Waals surface area contributed by atoms with Gasteiger partial charge < -0.3 is 10.1 Å². The maximum Gasteiger partial charge on any atom is 0.260 e. The molecule has 1 aromatic heterocycles. The number of ether oxygens (including phenoxy) is 1. The van der Waals surface area contributed by atoms with Gasteiger partial charge in [-0.1, -0.05) is 24.3 Å². The van der Waals surface area contributed by atoms with E-state index in [0.717, 1.165) is 16.5 Å². The van der Waals surface area contributed by atoms with Crippen molar-refractivity contribution in [2.24, 2.45) is 7.05 Å². The zero-order valence-electron chi connectivity index (χ0n) is 12.8. The van der Waals surface area contributed by atoms with Gasteiger partial charge in [0, 0.05) is 13.1 Å². The van der Waals surface area contributed by atoms with Crippen molar-refractivity contribution in [3.8, 4) is 5.75 Å². The second-order valence-electron chi connectivity index (χ2n) is 5.15. The van der Waals surface area contributed by atoms with E-state index in [0.29, 0.717) is 17.1 Å². The molecule has 0 spiro atoms. The lowest BCUT2D eigenvalue weighted by Crippen LogP contribution is -2.15. The standard InChI is InChI=1S/C17H17N3O2/c1-11-8-16(20(2)19-11)18-17(21)14-9-12-6-4-5-7-13(12)10-15(14)22-3/h4-10H,1-3H3,(H,18,21). The van der Waals surface area contributed by atoms with E-state index in [1.807, 2.05) is 49.4 Å². The summed E-state index contributed by atoms with van der Waals surface area (Å²) in [5, 5.41) is 9.12. The number of rotatable bonds is 3. The van der Waals surface area contributed by atoms with Crippen LogP contribution < -0.4 is 10.1 Å². The summed E-state index contributed by atoms with van der Waals surface area (Å²) in [6.07, 6.45) is 0. The molecular formula is C17H17N3O2. The first-order valence-electron chi connectivity index (χ1n) is 6.97. The molecule has 0 fully saturated rings. The summed E-state index contributed by atoms with van der Waals surface area (Å²) in [6.45, 7) is 1.88. The fraction of sp³-hybridized carbons (Fsp3) is 0.176. The molecule has 5 heteroatoms. The number of nitrogens with zero attached hydrogens (tertiary/aromatic N) is 2. The van der Waals surface area contributed by atoms with Gasteiger partial charge in [-0.25, -0.2) is 0 Å². The molecule has 0 saturated carbocycles. The Morgan fingerprint density at radius 2 is 1.86 bits per heavy atom. The molecule has 0 aliphatic rings. The minimum atomic E-state index is -0.217. The smallest absolute Gasteiger partial charge is 0.260 e. The van der Waals surface area contributed by atoms with E-state index in [9.17, 15) is 4.79 Å². The lowest BCUT2D eigenvalue weighted by atomic mass is 10.1. The van der Waals surface area contributed by atoms with E-state index in [-0.39, 0.29) is 5.91 Å². The zero-order chi connectivity index (χ0) is 15.7. The molecule has 0 atom stereocenters. The average molecular weight is 295 g/mol. The second-order valence-corrected chi connectivity index (χ2v) is 5.15. The molecule has 112 valence electrons. The van der Waals surface area contributed by atoms with Crippen molar-refractivity contribution < 1.29 is 9.53 Å². The van der Waals surface area contributed by atoms with E-state index in [1.165, 1.54) is 0 Å². The summed E-state index contributed by atoms with van der Waals surface area (Å²) in [4.78, 5) is 12.6. The highest BCUT2D eigenvalue weighted by Crippen LogP contribution is 2.26. The summed E-state index contributed by atoms with van der Waals surface area (Å²) in [5.41, 5.74) is 1.35. The van der Waals surface area contributed by atoms with Crippen LogP contribution in [0.5, 0.6) is 5.75 Å². The topological polar surface area (TPSA) is 56.1 Å². The number of hydrogen-bond donors (Lipinski definition) is 1. The maximum atomic E-state index is 12.6. The Hall–Kier alpha value is -2.82. The number of methoxy groups -OCH3 is 1. The summed E-state index contributed by atoms with van der Waals surface area (Å²) in [5.74, 6) is 0.985. The van der Waals surface area contributed by atoms with Gasteiger partial charge in [0.1, 0.15) is 11.6 Å². The number of benzene rings is 2. The van der Waals surface area contributed by atoms with Crippen molar-refractivity contribution in [3.63, 3.8) is 0 Å². The van der Waals surface area contributed by atoms with Gasteiger partial charge in [-0.2, -0.15) is 5.10 Å². The molecule has 1 heterocycles. The Bertz CT molecular complexity index is 852. The Balaban J connectivity index is 2.00. The molecule has 1 N–H and O–H groups in total. The van der Waals surface area contributed by atoms with Gasteiger partial charge in [-0.05, 0) is 29.8 Å². The largest absolute Gasteiger partial charge is 0.496 e. The third kappa shape index (κ3) is 2.53. The van der Waals surface area contributed by atoms with Crippen LogP contribution in [0.15, 0.2) is 42.5 Å². The molecule has 22 heavy (non-hydrogen) atoms. The summed E-state index contributed by atoms with van der Waals surface area (Å²) >= 11 is 0.